The van der Waals surface area contributed by atoms with Crippen LogP contribution in [0.3, 0.4) is 0 Å². The monoisotopic (exact) mass is 289 g/mol. The van der Waals surface area contributed by atoms with Crippen LogP contribution in [0.1, 0.15) is 50.5 Å². The molecule has 1 aromatic rings. The summed E-state index contributed by atoms with van der Waals surface area (Å²) in [5.74, 6) is -1.03. The molecule has 1 amide bonds. The van der Waals surface area contributed by atoms with E-state index in [1.54, 1.807) is 0 Å². The highest BCUT2D eigenvalue weighted by molar-refractivity contribution is 5.94. The summed E-state index contributed by atoms with van der Waals surface area (Å²) in [6, 6.07) is 7.54. The van der Waals surface area contributed by atoms with Gasteiger partial charge in [0.25, 0.3) is 0 Å². The number of carboxylic acids is 1. The van der Waals surface area contributed by atoms with Crippen LogP contribution in [-0.2, 0) is 9.59 Å². The highest BCUT2D eigenvalue weighted by atomic mass is 16.4. The van der Waals surface area contributed by atoms with E-state index < -0.39 is 11.4 Å². The maximum atomic E-state index is 12.3. The van der Waals surface area contributed by atoms with Crippen molar-refractivity contribution in [3.8, 4) is 0 Å². The number of amides is 1. The molecule has 0 bridgehead atoms. The van der Waals surface area contributed by atoms with Crippen LogP contribution >= 0.6 is 0 Å². The zero-order valence-electron chi connectivity index (χ0n) is 12.5. The van der Waals surface area contributed by atoms with Crippen molar-refractivity contribution in [1.82, 2.24) is 0 Å². The van der Waals surface area contributed by atoms with E-state index in [-0.39, 0.29) is 12.3 Å². The van der Waals surface area contributed by atoms with Gasteiger partial charge in [-0.1, -0.05) is 43.9 Å². The Morgan fingerprint density at radius 2 is 1.76 bits per heavy atom. The quantitative estimate of drug-likeness (QED) is 0.830. The smallest absolute Gasteiger partial charge is 0.310 e. The van der Waals surface area contributed by atoms with Gasteiger partial charge < -0.3 is 10.4 Å². The number of anilines is 1. The van der Waals surface area contributed by atoms with Crippen molar-refractivity contribution in [1.29, 1.82) is 0 Å². The van der Waals surface area contributed by atoms with Crippen molar-refractivity contribution in [3.63, 3.8) is 0 Å². The Bertz CT molecular complexity index is 517. The Balaban J connectivity index is 2.08. The number of nitrogens with one attached hydrogen (secondary N) is 1. The van der Waals surface area contributed by atoms with Gasteiger partial charge in [-0.2, -0.15) is 0 Å². The zero-order valence-corrected chi connectivity index (χ0v) is 12.5. The summed E-state index contributed by atoms with van der Waals surface area (Å²) in [7, 11) is 0. The van der Waals surface area contributed by atoms with Crippen LogP contribution in [0.4, 0.5) is 5.69 Å². The highest BCUT2D eigenvalue weighted by Gasteiger charge is 2.40. The average molecular weight is 289 g/mol. The fraction of sp³-hybridized carbons (Fsp3) is 0.529. The average Bonchev–Trinajstić information content (AvgIpc) is 2.68. The fourth-order valence-corrected chi connectivity index (χ4v) is 3.09. The second-order valence-electron chi connectivity index (χ2n) is 6.04. The molecule has 0 radical (unpaired) electrons. The van der Waals surface area contributed by atoms with Gasteiger partial charge in [0.15, 0.2) is 0 Å². The van der Waals surface area contributed by atoms with E-state index in [1.807, 2.05) is 31.2 Å². The first-order chi connectivity index (χ1) is 10.0. The van der Waals surface area contributed by atoms with E-state index in [1.165, 1.54) is 0 Å². The minimum atomic E-state index is -0.886. The Labute approximate surface area is 125 Å². The van der Waals surface area contributed by atoms with Crippen LogP contribution in [0.2, 0.25) is 0 Å². The molecule has 0 aliphatic heterocycles. The van der Waals surface area contributed by atoms with Gasteiger partial charge in [-0.3, -0.25) is 9.59 Å². The molecular weight excluding hydrogens is 266 g/mol. The molecule has 1 saturated carbocycles. The summed E-state index contributed by atoms with van der Waals surface area (Å²) >= 11 is 0. The largest absolute Gasteiger partial charge is 0.481 e. The summed E-state index contributed by atoms with van der Waals surface area (Å²) < 4.78 is 0. The third-order valence-electron chi connectivity index (χ3n) is 4.43. The van der Waals surface area contributed by atoms with Gasteiger partial charge in [0.05, 0.1) is 5.41 Å². The van der Waals surface area contributed by atoms with E-state index in [0.717, 1.165) is 36.9 Å². The van der Waals surface area contributed by atoms with Crippen molar-refractivity contribution < 1.29 is 14.7 Å². The molecule has 0 heterocycles. The lowest BCUT2D eigenvalue weighted by molar-refractivity contribution is -0.152. The van der Waals surface area contributed by atoms with Gasteiger partial charge in [-0.15, -0.1) is 0 Å². The molecule has 2 N–H and O–H groups in total. The van der Waals surface area contributed by atoms with Crippen LogP contribution in [-0.4, -0.2) is 17.0 Å². The molecule has 0 saturated heterocycles. The van der Waals surface area contributed by atoms with E-state index >= 15 is 0 Å². The third kappa shape index (κ3) is 3.84. The summed E-state index contributed by atoms with van der Waals surface area (Å²) in [6.45, 7) is 1.92. The van der Waals surface area contributed by atoms with Gasteiger partial charge in [0, 0.05) is 12.1 Å². The van der Waals surface area contributed by atoms with Crippen LogP contribution in [0.25, 0.3) is 0 Å². The SMILES string of the molecule is Cc1ccccc1NC(=O)CC1(C(=O)O)CCCCCC1. The van der Waals surface area contributed by atoms with E-state index in [2.05, 4.69) is 5.32 Å². The number of aryl methyl sites for hydroxylation is 1. The molecule has 114 valence electrons. The Hall–Kier alpha value is -1.84. The molecular formula is C17H23NO3. The standard InChI is InChI=1S/C17H23NO3/c1-13-8-4-5-9-14(13)18-15(19)12-17(16(20)21)10-6-2-3-7-11-17/h4-5,8-9H,2-3,6-7,10-12H2,1H3,(H,18,19)(H,20,21). The number of carbonyl (C=O) groups excluding carboxylic acids is 1. The molecule has 0 unspecified atom stereocenters. The first-order valence-electron chi connectivity index (χ1n) is 7.62. The Morgan fingerprint density at radius 1 is 1.14 bits per heavy atom. The normalized spacial score (nSPS) is 17.8. The van der Waals surface area contributed by atoms with Crippen molar-refractivity contribution in [2.45, 2.75) is 51.9 Å². The number of hydrogen-bond acceptors (Lipinski definition) is 2. The van der Waals surface area contributed by atoms with Gasteiger partial charge in [-0.05, 0) is 31.4 Å². The number of hydrogen-bond donors (Lipinski definition) is 2. The number of aliphatic carboxylic acids is 1. The van der Waals surface area contributed by atoms with Gasteiger partial charge in [-0.25, -0.2) is 0 Å². The predicted molar refractivity (Wildman–Crippen MR) is 82.2 cm³/mol. The second kappa shape index (κ2) is 6.74. The summed E-state index contributed by atoms with van der Waals surface area (Å²) in [5.41, 5.74) is 0.858. The summed E-state index contributed by atoms with van der Waals surface area (Å²) in [4.78, 5) is 24.0. The number of carboxylic acid groups (broad SMARTS) is 1. The third-order valence-corrected chi connectivity index (χ3v) is 4.43. The molecule has 4 heteroatoms. The minimum absolute atomic E-state index is 0.0661. The zero-order chi connectivity index (χ0) is 15.3. The lowest BCUT2D eigenvalue weighted by Crippen LogP contribution is -2.35. The summed E-state index contributed by atoms with van der Waals surface area (Å²) in [5, 5.41) is 12.5. The van der Waals surface area contributed by atoms with Crippen LogP contribution in [0.15, 0.2) is 24.3 Å². The molecule has 1 aliphatic carbocycles. The van der Waals surface area contributed by atoms with Crippen molar-refractivity contribution in [2.75, 3.05) is 5.32 Å². The lowest BCUT2D eigenvalue weighted by Gasteiger charge is -2.27. The van der Waals surface area contributed by atoms with Crippen LogP contribution < -0.4 is 5.32 Å². The maximum absolute atomic E-state index is 12.3. The van der Waals surface area contributed by atoms with E-state index in [0.29, 0.717) is 12.8 Å². The van der Waals surface area contributed by atoms with Gasteiger partial charge in [0.2, 0.25) is 5.91 Å². The molecule has 1 aromatic carbocycles. The molecule has 2 rings (SSSR count). The molecule has 0 spiro atoms. The summed E-state index contributed by atoms with van der Waals surface area (Å²) in [6.07, 6.45) is 5.18. The minimum Gasteiger partial charge on any atom is -0.481 e. The lowest BCUT2D eigenvalue weighted by atomic mass is 9.77. The first-order valence-corrected chi connectivity index (χ1v) is 7.62. The van der Waals surface area contributed by atoms with Gasteiger partial charge >= 0.3 is 5.97 Å². The number of benzene rings is 1. The van der Waals surface area contributed by atoms with Crippen LogP contribution in [0.5, 0.6) is 0 Å². The topological polar surface area (TPSA) is 66.4 Å². The molecule has 0 atom stereocenters. The Morgan fingerprint density at radius 3 is 2.33 bits per heavy atom. The maximum Gasteiger partial charge on any atom is 0.310 e. The highest BCUT2D eigenvalue weighted by Crippen LogP contribution is 2.38. The number of rotatable bonds is 4. The van der Waals surface area contributed by atoms with Crippen LogP contribution in [0, 0.1) is 12.3 Å². The molecule has 1 aliphatic rings. The van der Waals surface area contributed by atoms with Crippen molar-refractivity contribution in [3.05, 3.63) is 29.8 Å². The van der Waals surface area contributed by atoms with E-state index in [4.69, 9.17) is 0 Å². The Kier molecular flexibility index (Phi) is 4.99. The molecule has 1 fully saturated rings. The van der Waals surface area contributed by atoms with E-state index in [9.17, 15) is 14.7 Å². The second-order valence-corrected chi connectivity index (χ2v) is 6.04. The molecule has 4 nitrogen and oxygen atoms in total. The van der Waals surface area contributed by atoms with Gasteiger partial charge in [0.1, 0.15) is 0 Å². The number of carbonyl (C=O) groups is 2. The molecule has 0 aromatic heterocycles. The predicted octanol–water partition coefficient (Wildman–Crippen LogP) is 3.75. The van der Waals surface area contributed by atoms with Crippen molar-refractivity contribution >= 4 is 17.6 Å². The first kappa shape index (κ1) is 15.5. The molecule has 21 heavy (non-hydrogen) atoms. The fourth-order valence-electron chi connectivity index (χ4n) is 3.09. The number of para-hydroxylation sites is 1. The van der Waals surface area contributed by atoms with Crippen molar-refractivity contribution in [2.24, 2.45) is 5.41 Å².